The second-order valence-electron chi connectivity index (χ2n) is 6.89. The Morgan fingerprint density at radius 3 is 2.43 bits per heavy atom. The standard InChI is InChI=1S/C19H21ClN6OS/c1-12-10-14(3)26(23-12)16-5-4-15(20)17(22-16)18(27)24-6-8-25(9-7-24)19-21-13(2)11-28-19/h4-5,10-11H,6-9H2,1-3H3. The number of thiazole rings is 1. The number of amides is 1. The van der Waals surface area contributed by atoms with Gasteiger partial charge in [0.05, 0.1) is 16.4 Å². The molecule has 3 aromatic rings. The van der Waals surface area contributed by atoms with Gasteiger partial charge in [-0.15, -0.1) is 11.3 Å². The Kier molecular flexibility index (Phi) is 5.07. The van der Waals surface area contributed by atoms with E-state index in [4.69, 9.17) is 11.6 Å². The normalized spacial score (nSPS) is 14.6. The van der Waals surface area contributed by atoms with Gasteiger partial charge in [-0.1, -0.05) is 11.6 Å². The maximum Gasteiger partial charge on any atom is 0.274 e. The fourth-order valence-corrected chi connectivity index (χ4v) is 4.34. The quantitative estimate of drug-likeness (QED) is 0.655. The summed E-state index contributed by atoms with van der Waals surface area (Å²) in [5, 5.41) is 7.85. The molecular weight excluding hydrogens is 396 g/mol. The number of hydrogen-bond acceptors (Lipinski definition) is 6. The van der Waals surface area contributed by atoms with Gasteiger partial charge < -0.3 is 9.80 Å². The lowest BCUT2D eigenvalue weighted by atomic mass is 10.2. The lowest BCUT2D eigenvalue weighted by Crippen LogP contribution is -2.49. The first kappa shape index (κ1) is 18.9. The Bertz CT molecular complexity index is 1020. The molecule has 1 saturated heterocycles. The van der Waals surface area contributed by atoms with Crippen molar-refractivity contribution >= 4 is 34.0 Å². The van der Waals surface area contributed by atoms with Crippen LogP contribution in [0.3, 0.4) is 0 Å². The van der Waals surface area contributed by atoms with Crippen molar-refractivity contribution < 1.29 is 4.79 Å². The molecule has 0 saturated carbocycles. The highest BCUT2D eigenvalue weighted by molar-refractivity contribution is 7.13. The van der Waals surface area contributed by atoms with Crippen molar-refractivity contribution in [3.8, 4) is 5.82 Å². The van der Waals surface area contributed by atoms with Gasteiger partial charge in [-0.2, -0.15) is 5.10 Å². The minimum atomic E-state index is -0.150. The molecule has 28 heavy (non-hydrogen) atoms. The average molecular weight is 417 g/mol. The van der Waals surface area contributed by atoms with Crippen molar-refractivity contribution in [2.75, 3.05) is 31.1 Å². The van der Waals surface area contributed by atoms with E-state index in [2.05, 4.69) is 20.0 Å². The molecule has 1 amide bonds. The summed E-state index contributed by atoms with van der Waals surface area (Å²) in [6.45, 7) is 8.58. The number of carbonyl (C=O) groups is 1. The summed E-state index contributed by atoms with van der Waals surface area (Å²) >= 11 is 7.95. The van der Waals surface area contributed by atoms with Crippen molar-refractivity contribution in [1.29, 1.82) is 0 Å². The second-order valence-corrected chi connectivity index (χ2v) is 8.13. The van der Waals surface area contributed by atoms with Gasteiger partial charge in [0.15, 0.2) is 10.9 Å². The largest absolute Gasteiger partial charge is 0.345 e. The maximum atomic E-state index is 13.1. The maximum absolute atomic E-state index is 13.1. The lowest BCUT2D eigenvalue weighted by Gasteiger charge is -2.34. The summed E-state index contributed by atoms with van der Waals surface area (Å²) in [7, 11) is 0. The van der Waals surface area contributed by atoms with Crippen LogP contribution in [-0.4, -0.2) is 56.7 Å². The number of carbonyl (C=O) groups excluding carboxylic acids is 1. The molecule has 7 nitrogen and oxygen atoms in total. The zero-order valence-corrected chi connectivity index (χ0v) is 17.6. The van der Waals surface area contributed by atoms with Crippen LogP contribution in [-0.2, 0) is 0 Å². The number of anilines is 1. The Morgan fingerprint density at radius 1 is 1.07 bits per heavy atom. The third kappa shape index (κ3) is 3.62. The van der Waals surface area contributed by atoms with E-state index in [0.29, 0.717) is 23.9 Å². The van der Waals surface area contributed by atoms with Crippen LogP contribution in [0, 0.1) is 20.8 Å². The minimum absolute atomic E-state index is 0.150. The molecule has 0 radical (unpaired) electrons. The van der Waals surface area contributed by atoms with Crippen molar-refractivity contribution in [3.05, 3.63) is 51.4 Å². The molecule has 0 atom stereocenters. The van der Waals surface area contributed by atoms with E-state index in [-0.39, 0.29) is 11.6 Å². The molecule has 1 aliphatic rings. The number of aryl methyl sites for hydroxylation is 3. The van der Waals surface area contributed by atoms with Crippen LogP contribution < -0.4 is 4.90 Å². The Morgan fingerprint density at radius 2 is 1.82 bits per heavy atom. The lowest BCUT2D eigenvalue weighted by molar-refractivity contribution is 0.0741. The number of rotatable bonds is 3. The van der Waals surface area contributed by atoms with Gasteiger partial charge in [-0.05, 0) is 39.0 Å². The Hall–Kier alpha value is -2.45. The van der Waals surface area contributed by atoms with Gasteiger partial charge in [0, 0.05) is 37.3 Å². The van der Waals surface area contributed by atoms with Crippen molar-refractivity contribution in [1.82, 2.24) is 24.6 Å². The predicted molar refractivity (Wildman–Crippen MR) is 111 cm³/mol. The van der Waals surface area contributed by atoms with E-state index in [1.165, 1.54) is 0 Å². The number of piperazine rings is 1. The molecule has 1 fully saturated rings. The molecule has 0 unspecified atom stereocenters. The van der Waals surface area contributed by atoms with Crippen LogP contribution in [0.25, 0.3) is 5.82 Å². The third-order valence-electron chi connectivity index (χ3n) is 4.70. The monoisotopic (exact) mass is 416 g/mol. The number of aromatic nitrogens is 4. The highest BCUT2D eigenvalue weighted by atomic mass is 35.5. The molecule has 0 aromatic carbocycles. The fraction of sp³-hybridized carbons (Fsp3) is 0.368. The van der Waals surface area contributed by atoms with E-state index in [1.807, 2.05) is 32.2 Å². The first-order valence-electron chi connectivity index (χ1n) is 9.09. The first-order chi connectivity index (χ1) is 13.4. The number of nitrogens with zero attached hydrogens (tertiary/aromatic N) is 6. The van der Waals surface area contributed by atoms with Gasteiger partial charge in [0.1, 0.15) is 5.69 Å². The molecule has 9 heteroatoms. The van der Waals surface area contributed by atoms with Crippen LogP contribution in [0.1, 0.15) is 27.6 Å². The number of pyridine rings is 1. The third-order valence-corrected chi connectivity index (χ3v) is 6.03. The van der Waals surface area contributed by atoms with Gasteiger partial charge in [0.2, 0.25) is 0 Å². The Labute approximate surface area is 172 Å². The molecule has 0 bridgehead atoms. The summed E-state index contributed by atoms with van der Waals surface area (Å²) in [6.07, 6.45) is 0. The highest BCUT2D eigenvalue weighted by Gasteiger charge is 2.26. The molecule has 4 rings (SSSR count). The minimum Gasteiger partial charge on any atom is -0.345 e. The number of hydrogen-bond donors (Lipinski definition) is 0. The van der Waals surface area contributed by atoms with Gasteiger partial charge in [-0.3, -0.25) is 4.79 Å². The van der Waals surface area contributed by atoms with E-state index >= 15 is 0 Å². The molecule has 4 heterocycles. The van der Waals surface area contributed by atoms with Crippen LogP contribution in [0.4, 0.5) is 5.13 Å². The summed E-state index contributed by atoms with van der Waals surface area (Å²) in [6, 6.07) is 5.46. The smallest absolute Gasteiger partial charge is 0.274 e. The Balaban J connectivity index is 1.52. The summed E-state index contributed by atoms with van der Waals surface area (Å²) < 4.78 is 1.73. The van der Waals surface area contributed by atoms with E-state index in [0.717, 1.165) is 35.3 Å². The SMILES string of the molecule is Cc1csc(N2CCN(C(=O)c3nc(-n4nc(C)cc4C)ccc3Cl)CC2)n1. The molecule has 1 aliphatic heterocycles. The summed E-state index contributed by atoms with van der Waals surface area (Å²) in [5.41, 5.74) is 3.15. The predicted octanol–water partition coefficient (Wildman–Crippen LogP) is 3.26. The van der Waals surface area contributed by atoms with Gasteiger partial charge in [0.25, 0.3) is 5.91 Å². The molecule has 3 aromatic heterocycles. The van der Waals surface area contributed by atoms with Crippen molar-refractivity contribution in [3.63, 3.8) is 0 Å². The summed E-state index contributed by atoms with van der Waals surface area (Å²) in [4.78, 5) is 26.1. The zero-order chi connectivity index (χ0) is 19.8. The zero-order valence-electron chi connectivity index (χ0n) is 16.0. The van der Waals surface area contributed by atoms with Gasteiger partial charge in [-0.25, -0.2) is 14.6 Å². The van der Waals surface area contributed by atoms with Crippen molar-refractivity contribution in [2.24, 2.45) is 0 Å². The molecule has 0 spiro atoms. The molecule has 0 N–H and O–H groups in total. The highest BCUT2D eigenvalue weighted by Crippen LogP contribution is 2.23. The molecule has 0 aliphatic carbocycles. The van der Waals surface area contributed by atoms with E-state index < -0.39 is 0 Å². The topological polar surface area (TPSA) is 67.2 Å². The second kappa shape index (κ2) is 7.52. The van der Waals surface area contributed by atoms with Crippen LogP contribution in [0.15, 0.2) is 23.6 Å². The van der Waals surface area contributed by atoms with E-state index in [1.54, 1.807) is 33.1 Å². The summed E-state index contributed by atoms with van der Waals surface area (Å²) in [5.74, 6) is 0.443. The fourth-order valence-electron chi connectivity index (χ4n) is 3.30. The molecular formula is C19H21ClN6OS. The van der Waals surface area contributed by atoms with Crippen LogP contribution >= 0.6 is 22.9 Å². The molecule has 146 valence electrons. The van der Waals surface area contributed by atoms with E-state index in [9.17, 15) is 4.79 Å². The van der Waals surface area contributed by atoms with Crippen LogP contribution in [0.5, 0.6) is 0 Å². The van der Waals surface area contributed by atoms with Crippen LogP contribution in [0.2, 0.25) is 5.02 Å². The van der Waals surface area contributed by atoms with Gasteiger partial charge >= 0.3 is 0 Å². The van der Waals surface area contributed by atoms with Crippen molar-refractivity contribution in [2.45, 2.75) is 20.8 Å². The average Bonchev–Trinajstić information content (AvgIpc) is 3.26. The number of halogens is 1. The first-order valence-corrected chi connectivity index (χ1v) is 10.3.